The van der Waals surface area contributed by atoms with Crippen LogP contribution in [0.15, 0.2) is 12.2 Å². The molecule has 6 nitrogen and oxygen atoms in total. The van der Waals surface area contributed by atoms with Crippen molar-refractivity contribution in [1.29, 1.82) is 0 Å². The van der Waals surface area contributed by atoms with Crippen LogP contribution in [0.25, 0.3) is 0 Å². The van der Waals surface area contributed by atoms with Crippen LogP contribution < -0.4 is 0 Å². The van der Waals surface area contributed by atoms with Crippen molar-refractivity contribution in [2.24, 2.45) is 34.0 Å². The average molecular weight is 364 g/mol. The number of aliphatic hydroxyl groups is 4. The van der Waals surface area contributed by atoms with E-state index in [9.17, 15) is 25.2 Å². The monoisotopic (exact) mass is 364 g/mol. The number of carbonyl (C=O) groups excluding carboxylic acids is 1. The Kier molecular flexibility index (Phi) is 3.07. The van der Waals surface area contributed by atoms with E-state index < -0.39 is 58.5 Å². The zero-order valence-corrected chi connectivity index (χ0v) is 15.3. The van der Waals surface area contributed by atoms with Gasteiger partial charge in [0.2, 0.25) is 5.79 Å². The molecule has 0 aromatic carbocycles. The van der Waals surface area contributed by atoms with E-state index in [1.54, 1.807) is 0 Å². The van der Waals surface area contributed by atoms with E-state index in [0.717, 1.165) is 6.42 Å². The summed E-state index contributed by atoms with van der Waals surface area (Å²) >= 11 is 0. The Morgan fingerprint density at radius 3 is 2.50 bits per heavy atom. The fourth-order valence-corrected chi connectivity index (χ4v) is 7.90. The van der Waals surface area contributed by atoms with Crippen LogP contribution in [0.4, 0.5) is 0 Å². The summed E-state index contributed by atoms with van der Waals surface area (Å²) in [5.41, 5.74) is -2.49. The molecule has 2 aliphatic heterocycles. The average Bonchev–Trinajstić information content (AvgIpc) is 2.69. The third-order valence-electron chi connectivity index (χ3n) is 8.88. The molecule has 0 unspecified atom stereocenters. The summed E-state index contributed by atoms with van der Waals surface area (Å²) < 4.78 is 5.80. The molecule has 4 bridgehead atoms. The quantitative estimate of drug-likeness (QED) is 0.463. The minimum Gasteiger partial charge on any atom is -0.392 e. The molecule has 2 spiro atoms. The predicted octanol–water partition coefficient (Wildman–Crippen LogP) is 0.376. The van der Waals surface area contributed by atoms with E-state index >= 15 is 0 Å². The van der Waals surface area contributed by atoms with Crippen molar-refractivity contribution in [2.75, 3.05) is 6.61 Å². The van der Waals surface area contributed by atoms with Crippen LogP contribution in [0.5, 0.6) is 0 Å². The Morgan fingerprint density at radius 1 is 1.12 bits per heavy atom. The molecule has 4 aliphatic carbocycles. The normalized spacial score (nSPS) is 59.9. The van der Waals surface area contributed by atoms with Crippen molar-refractivity contribution >= 4 is 5.78 Å². The summed E-state index contributed by atoms with van der Waals surface area (Å²) in [6, 6.07) is 0. The zero-order valence-electron chi connectivity index (χ0n) is 15.3. The summed E-state index contributed by atoms with van der Waals surface area (Å²) in [5.74, 6) is -3.80. The molecule has 6 rings (SSSR count). The fraction of sp³-hybridized carbons (Fsp3) is 0.850. The molecule has 0 aromatic heterocycles. The topological polar surface area (TPSA) is 107 Å². The standard InChI is InChI=1S/C20H28O6/c1-9-10-4-5-11-18-8-26-20(25,19(11,14(9)22)15(10)23)16(24)13(18)17(2,3)7-6-12(18)21/h10-13,15-16,21,23-25H,1,4-8H2,2-3H3/t10-,11-,12-,13+,15+,16+,18+,19-,20-/m0/s1. The summed E-state index contributed by atoms with van der Waals surface area (Å²) in [6.45, 7) is 8.07. The van der Waals surface area contributed by atoms with Gasteiger partial charge in [-0.25, -0.2) is 0 Å². The molecule has 0 radical (unpaired) electrons. The molecule has 4 N–H and O–H groups in total. The second kappa shape index (κ2) is 4.61. The minimum atomic E-state index is -2.15. The van der Waals surface area contributed by atoms with Gasteiger partial charge in [0.05, 0.1) is 18.8 Å². The Hall–Kier alpha value is -0.790. The second-order valence-electron chi connectivity index (χ2n) is 9.97. The molecule has 6 fully saturated rings. The van der Waals surface area contributed by atoms with Gasteiger partial charge >= 0.3 is 0 Å². The molecule has 144 valence electrons. The lowest BCUT2D eigenvalue weighted by Gasteiger charge is -2.74. The summed E-state index contributed by atoms with van der Waals surface area (Å²) in [7, 11) is 0. The van der Waals surface area contributed by atoms with Crippen LogP contribution in [0.1, 0.15) is 39.5 Å². The number of aliphatic hydroxyl groups excluding tert-OH is 3. The maximum Gasteiger partial charge on any atom is 0.208 e. The number of ether oxygens (including phenoxy) is 1. The highest BCUT2D eigenvalue weighted by atomic mass is 16.6. The number of hydrogen-bond acceptors (Lipinski definition) is 6. The van der Waals surface area contributed by atoms with Gasteiger partial charge in [0.1, 0.15) is 11.5 Å². The molecular formula is C20H28O6. The zero-order chi connectivity index (χ0) is 18.9. The van der Waals surface area contributed by atoms with Gasteiger partial charge in [-0.1, -0.05) is 20.4 Å². The van der Waals surface area contributed by atoms with E-state index in [-0.39, 0.29) is 12.0 Å². The van der Waals surface area contributed by atoms with E-state index in [2.05, 4.69) is 6.58 Å². The smallest absolute Gasteiger partial charge is 0.208 e. The van der Waals surface area contributed by atoms with E-state index in [1.165, 1.54) is 0 Å². The highest BCUT2D eigenvalue weighted by molar-refractivity contribution is 6.05. The number of hydrogen-bond donors (Lipinski definition) is 4. The predicted molar refractivity (Wildman–Crippen MR) is 90.7 cm³/mol. The van der Waals surface area contributed by atoms with E-state index in [4.69, 9.17) is 4.74 Å². The molecule has 2 saturated heterocycles. The molecule has 6 aliphatic rings. The van der Waals surface area contributed by atoms with Gasteiger partial charge in [-0.05, 0) is 42.6 Å². The van der Waals surface area contributed by atoms with Crippen molar-refractivity contribution < 1.29 is 30.0 Å². The molecule has 26 heavy (non-hydrogen) atoms. The first-order chi connectivity index (χ1) is 12.1. The molecule has 0 amide bonds. The van der Waals surface area contributed by atoms with Crippen LogP contribution in [0.3, 0.4) is 0 Å². The lowest BCUT2D eigenvalue weighted by Crippen LogP contribution is -2.85. The first-order valence-corrected chi connectivity index (χ1v) is 9.71. The lowest BCUT2D eigenvalue weighted by atomic mass is 9.35. The number of Topliss-reactive ketones (excluding diaryl/α,β-unsaturated/α-hetero) is 1. The Labute approximate surface area is 152 Å². The molecule has 4 saturated carbocycles. The van der Waals surface area contributed by atoms with Crippen LogP contribution in [0, 0.1) is 34.0 Å². The third-order valence-corrected chi connectivity index (χ3v) is 8.88. The van der Waals surface area contributed by atoms with Crippen LogP contribution in [-0.4, -0.2) is 56.9 Å². The van der Waals surface area contributed by atoms with Gasteiger partial charge in [0.25, 0.3) is 0 Å². The molecule has 2 heterocycles. The van der Waals surface area contributed by atoms with Gasteiger partial charge in [0, 0.05) is 17.3 Å². The molecule has 6 heteroatoms. The number of fused-ring (bicyclic) bond motifs is 2. The fourth-order valence-electron chi connectivity index (χ4n) is 7.90. The highest BCUT2D eigenvalue weighted by Gasteiger charge is 2.86. The maximum absolute atomic E-state index is 13.3. The highest BCUT2D eigenvalue weighted by Crippen LogP contribution is 2.76. The number of rotatable bonds is 0. The Morgan fingerprint density at radius 2 is 1.81 bits per heavy atom. The summed E-state index contributed by atoms with van der Waals surface area (Å²) in [6.07, 6.45) is -0.747. The van der Waals surface area contributed by atoms with Gasteiger partial charge in [-0.2, -0.15) is 0 Å². The maximum atomic E-state index is 13.3. The van der Waals surface area contributed by atoms with Crippen molar-refractivity contribution in [3.05, 3.63) is 12.2 Å². The first-order valence-electron chi connectivity index (χ1n) is 9.71. The minimum absolute atomic E-state index is 0.0966. The van der Waals surface area contributed by atoms with Crippen molar-refractivity contribution in [3.8, 4) is 0 Å². The van der Waals surface area contributed by atoms with Gasteiger partial charge in [0.15, 0.2) is 5.78 Å². The van der Waals surface area contributed by atoms with Gasteiger partial charge in [-0.15, -0.1) is 0 Å². The first kappa shape index (κ1) is 17.3. The third kappa shape index (κ3) is 1.41. The second-order valence-corrected chi connectivity index (χ2v) is 9.97. The molecule has 0 aromatic rings. The van der Waals surface area contributed by atoms with Crippen LogP contribution in [-0.2, 0) is 9.53 Å². The van der Waals surface area contributed by atoms with Gasteiger partial charge < -0.3 is 25.2 Å². The van der Waals surface area contributed by atoms with Crippen LogP contribution >= 0.6 is 0 Å². The van der Waals surface area contributed by atoms with E-state index in [1.807, 2.05) is 13.8 Å². The van der Waals surface area contributed by atoms with Crippen molar-refractivity contribution in [3.63, 3.8) is 0 Å². The Bertz CT molecular complexity index is 717. The van der Waals surface area contributed by atoms with Crippen LogP contribution in [0.2, 0.25) is 0 Å². The molecule has 9 atom stereocenters. The number of carbonyl (C=O) groups is 1. The summed E-state index contributed by atoms with van der Waals surface area (Å²) in [5, 5.41) is 45.1. The van der Waals surface area contributed by atoms with Crippen molar-refractivity contribution in [2.45, 2.75) is 63.6 Å². The largest absolute Gasteiger partial charge is 0.392 e. The van der Waals surface area contributed by atoms with Crippen molar-refractivity contribution in [1.82, 2.24) is 0 Å². The molecular weight excluding hydrogens is 336 g/mol. The lowest BCUT2D eigenvalue weighted by molar-refractivity contribution is -0.458. The number of ketones is 1. The summed E-state index contributed by atoms with van der Waals surface area (Å²) in [4.78, 5) is 13.3. The van der Waals surface area contributed by atoms with E-state index in [0.29, 0.717) is 24.8 Å². The van der Waals surface area contributed by atoms with Gasteiger partial charge in [-0.3, -0.25) is 4.79 Å². The SMILES string of the molecule is C=C1C(=O)[C@]23[C@H](O)[C@H]1CC[C@H]2[C@@]12CO[C@@]3(O)[C@H](O)[C@@H]1C(C)(C)CC[C@@H]2O. The Balaban J connectivity index is 1.81.